The Balaban J connectivity index is 1.42. The number of nitrogens with zero attached hydrogens (tertiary/aromatic N) is 2. The molecule has 1 unspecified atom stereocenters. The zero-order valence-electron chi connectivity index (χ0n) is 19.6. The number of nitrogens with one attached hydrogen (secondary N) is 1. The second kappa shape index (κ2) is 10.5. The maximum absolute atomic E-state index is 12.9. The highest BCUT2D eigenvalue weighted by Crippen LogP contribution is 2.33. The highest BCUT2D eigenvalue weighted by Gasteiger charge is 2.40. The van der Waals surface area contributed by atoms with Crippen molar-refractivity contribution in [2.75, 3.05) is 39.2 Å². The Kier molecular flexibility index (Phi) is 7.19. The van der Waals surface area contributed by atoms with Gasteiger partial charge in [0.2, 0.25) is 0 Å². The number of amides is 3. The van der Waals surface area contributed by atoms with Crippen molar-refractivity contribution in [1.82, 2.24) is 9.80 Å². The van der Waals surface area contributed by atoms with Gasteiger partial charge in [-0.15, -0.1) is 0 Å². The van der Waals surface area contributed by atoms with Crippen LogP contribution in [0.3, 0.4) is 0 Å². The Bertz CT molecular complexity index is 1080. The van der Waals surface area contributed by atoms with Gasteiger partial charge in [-0.2, -0.15) is 0 Å². The zero-order valence-corrected chi connectivity index (χ0v) is 19.6. The summed E-state index contributed by atoms with van der Waals surface area (Å²) in [5.74, 6) is -1.28. The van der Waals surface area contributed by atoms with Gasteiger partial charge in [-0.1, -0.05) is 30.3 Å². The highest BCUT2D eigenvalue weighted by molar-refractivity contribution is 5.99. The molecule has 184 valence electrons. The fraction of sp³-hybridized carbons (Fsp3) is 0.360. The first-order chi connectivity index (χ1) is 16.9. The lowest BCUT2D eigenvalue weighted by Crippen LogP contribution is -2.48. The van der Waals surface area contributed by atoms with Gasteiger partial charge in [-0.3, -0.25) is 4.90 Å². The molecule has 2 saturated heterocycles. The minimum atomic E-state index is -0.641. The van der Waals surface area contributed by atoms with E-state index in [4.69, 9.17) is 14.2 Å². The maximum atomic E-state index is 12.9. The predicted octanol–water partition coefficient (Wildman–Crippen LogP) is 3.45. The molecule has 2 heterocycles. The molecule has 10 nitrogen and oxygen atoms in total. The van der Waals surface area contributed by atoms with Crippen LogP contribution in [0.15, 0.2) is 48.5 Å². The van der Waals surface area contributed by atoms with Gasteiger partial charge in [0, 0.05) is 24.8 Å². The molecule has 0 aliphatic carbocycles. The Labute approximate surface area is 202 Å². The van der Waals surface area contributed by atoms with Crippen LogP contribution < -0.4 is 5.32 Å². The van der Waals surface area contributed by atoms with Crippen molar-refractivity contribution < 1.29 is 33.4 Å². The molecular weight excluding hydrogens is 454 g/mol. The number of methoxy groups -OCH3 is 2. The number of likely N-dealkylation sites (tertiary alicyclic amines) is 1. The summed E-state index contributed by atoms with van der Waals surface area (Å²) in [5.41, 5.74) is 1.52. The molecule has 0 aromatic heterocycles. The smallest absolute Gasteiger partial charge is 0.410 e. The van der Waals surface area contributed by atoms with Crippen molar-refractivity contribution in [3.63, 3.8) is 0 Å². The van der Waals surface area contributed by atoms with Crippen LogP contribution in [0.2, 0.25) is 0 Å². The van der Waals surface area contributed by atoms with Gasteiger partial charge in [0.25, 0.3) is 0 Å². The minimum Gasteiger partial charge on any atom is -0.465 e. The number of esters is 2. The third-order valence-electron chi connectivity index (χ3n) is 6.27. The van der Waals surface area contributed by atoms with E-state index in [2.05, 4.69) is 5.32 Å². The summed E-state index contributed by atoms with van der Waals surface area (Å²) >= 11 is 0. The molecule has 1 N–H and O–H groups in total. The van der Waals surface area contributed by atoms with E-state index in [9.17, 15) is 19.2 Å². The number of anilines is 1. The van der Waals surface area contributed by atoms with Crippen LogP contribution in [0.4, 0.5) is 15.3 Å². The molecule has 2 fully saturated rings. The van der Waals surface area contributed by atoms with Gasteiger partial charge >= 0.3 is 24.1 Å². The van der Waals surface area contributed by atoms with Gasteiger partial charge in [0.1, 0.15) is 6.61 Å². The van der Waals surface area contributed by atoms with E-state index in [0.29, 0.717) is 32.5 Å². The number of piperidine rings is 1. The van der Waals surface area contributed by atoms with Crippen LogP contribution in [0.1, 0.15) is 45.2 Å². The van der Waals surface area contributed by atoms with Gasteiger partial charge in [0.05, 0.1) is 31.4 Å². The van der Waals surface area contributed by atoms with Crippen LogP contribution in [-0.4, -0.2) is 73.8 Å². The van der Waals surface area contributed by atoms with E-state index in [-0.39, 0.29) is 41.0 Å². The van der Waals surface area contributed by atoms with Crippen molar-refractivity contribution in [2.45, 2.75) is 24.9 Å². The molecule has 0 radical (unpaired) electrons. The average molecular weight is 482 g/mol. The van der Waals surface area contributed by atoms with Gasteiger partial charge < -0.3 is 24.4 Å². The molecule has 35 heavy (non-hydrogen) atoms. The predicted molar refractivity (Wildman–Crippen MR) is 125 cm³/mol. The molecule has 0 saturated carbocycles. The van der Waals surface area contributed by atoms with E-state index in [0.717, 1.165) is 5.56 Å². The molecule has 2 aliphatic heterocycles. The van der Waals surface area contributed by atoms with Crippen molar-refractivity contribution >= 4 is 29.8 Å². The first kappa shape index (κ1) is 24.1. The second-order valence-electron chi connectivity index (χ2n) is 8.34. The zero-order chi connectivity index (χ0) is 24.9. The lowest BCUT2D eigenvalue weighted by Gasteiger charge is -2.37. The Hall–Kier alpha value is -4.08. The SMILES string of the molecule is COC(=O)c1cc(NC(=O)N2CCC(N3C(=O)OCC3c3ccccc3)CC2)cc(C(=O)OC)c1. The summed E-state index contributed by atoms with van der Waals surface area (Å²) in [6.07, 6.45) is 0.861. The lowest BCUT2D eigenvalue weighted by molar-refractivity contribution is 0.0599. The van der Waals surface area contributed by atoms with Crippen LogP contribution in [0.25, 0.3) is 0 Å². The Morgan fingerprint density at radius 3 is 2.11 bits per heavy atom. The molecule has 10 heteroatoms. The average Bonchev–Trinajstić information content (AvgIpc) is 3.29. The molecule has 2 aromatic rings. The van der Waals surface area contributed by atoms with Crippen LogP contribution in [0.5, 0.6) is 0 Å². The summed E-state index contributed by atoms with van der Waals surface area (Å²) in [5, 5.41) is 2.74. The van der Waals surface area contributed by atoms with E-state index in [1.807, 2.05) is 30.3 Å². The third kappa shape index (κ3) is 5.21. The number of cyclic esters (lactones) is 1. The number of ether oxygens (including phenoxy) is 3. The number of hydrogen-bond donors (Lipinski definition) is 1. The fourth-order valence-corrected chi connectivity index (χ4v) is 4.49. The Morgan fingerprint density at radius 2 is 1.54 bits per heavy atom. The number of hydrogen-bond acceptors (Lipinski definition) is 7. The van der Waals surface area contributed by atoms with Crippen LogP contribution >= 0.6 is 0 Å². The molecule has 2 aromatic carbocycles. The third-order valence-corrected chi connectivity index (χ3v) is 6.27. The molecular formula is C25H27N3O7. The van der Waals surface area contributed by atoms with E-state index < -0.39 is 11.9 Å². The summed E-state index contributed by atoms with van der Waals surface area (Å²) < 4.78 is 14.8. The molecule has 0 spiro atoms. The van der Waals surface area contributed by atoms with E-state index in [1.165, 1.54) is 32.4 Å². The molecule has 0 bridgehead atoms. The first-order valence-corrected chi connectivity index (χ1v) is 11.3. The minimum absolute atomic E-state index is 0.0483. The largest absolute Gasteiger partial charge is 0.465 e. The van der Waals surface area contributed by atoms with Gasteiger partial charge in [-0.05, 0) is 36.6 Å². The quantitative estimate of drug-likeness (QED) is 0.514. The summed E-state index contributed by atoms with van der Waals surface area (Å²) in [7, 11) is 2.46. The monoisotopic (exact) mass is 481 g/mol. The van der Waals surface area contributed by atoms with Crippen molar-refractivity contribution in [1.29, 1.82) is 0 Å². The van der Waals surface area contributed by atoms with Crippen LogP contribution in [0, 0.1) is 0 Å². The summed E-state index contributed by atoms with van der Waals surface area (Å²) in [6.45, 7) is 1.17. The first-order valence-electron chi connectivity index (χ1n) is 11.3. The number of urea groups is 1. The van der Waals surface area contributed by atoms with Crippen molar-refractivity contribution in [3.8, 4) is 0 Å². The second-order valence-corrected chi connectivity index (χ2v) is 8.34. The van der Waals surface area contributed by atoms with Crippen molar-refractivity contribution in [3.05, 3.63) is 65.2 Å². The van der Waals surface area contributed by atoms with E-state index in [1.54, 1.807) is 9.80 Å². The van der Waals surface area contributed by atoms with Crippen molar-refractivity contribution in [2.24, 2.45) is 0 Å². The summed E-state index contributed by atoms with van der Waals surface area (Å²) in [6, 6.07) is 13.4. The standard InChI is InChI=1S/C25H27N3O7/c1-33-22(29)17-12-18(23(30)34-2)14-19(13-17)26-24(31)27-10-8-20(9-11-27)28-21(15-35-25(28)32)16-6-4-3-5-7-16/h3-7,12-14,20-21H,8-11,15H2,1-2H3,(H,26,31). The normalized spacial score (nSPS) is 18.1. The Morgan fingerprint density at radius 1 is 0.943 bits per heavy atom. The number of rotatable bonds is 5. The fourth-order valence-electron chi connectivity index (χ4n) is 4.49. The maximum Gasteiger partial charge on any atom is 0.410 e. The van der Waals surface area contributed by atoms with Gasteiger partial charge in [0.15, 0.2) is 0 Å². The molecule has 2 aliphatic rings. The molecule has 1 atom stereocenters. The highest BCUT2D eigenvalue weighted by atomic mass is 16.6. The number of carbonyl (C=O) groups is 4. The number of benzene rings is 2. The van der Waals surface area contributed by atoms with Crippen LogP contribution in [-0.2, 0) is 14.2 Å². The molecule has 3 amide bonds. The summed E-state index contributed by atoms with van der Waals surface area (Å²) in [4.78, 5) is 52.8. The van der Waals surface area contributed by atoms with E-state index >= 15 is 0 Å². The topological polar surface area (TPSA) is 114 Å². The molecule has 4 rings (SSSR count). The van der Waals surface area contributed by atoms with Gasteiger partial charge in [-0.25, -0.2) is 19.2 Å². The lowest BCUT2D eigenvalue weighted by atomic mass is 9.99. The number of carbonyl (C=O) groups excluding carboxylic acids is 4.